The monoisotopic (exact) mass is 457 g/mol. The number of benzene rings is 1. The van der Waals surface area contributed by atoms with Gasteiger partial charge in [0.2, 0.25) is 0 Å². The van der Waals surface area contributed by atoms with Gasteiger partial charge in [0.15, 0.2) is 17.3 Å². The van der Waals surface area contributed by atoms with Gasteiger partial charge in [0, 0.05) is 22.5 Å². The van der Waals surface area contributed by atoms with Gasteiger partial charge in [-0.25, -0.2) is 4.79 Å². The van der Waals surface area contributed by atoms with Crippen LogP contribution in [0.3, 0.4) is 0 Å². The molecule has 1 N–H and O–H groups in total. The minimum Gasteiger partial charge on any atom is -0.493 e. The van der Waals surface area contributed by atoms with E-state index in [2.05, 4.69) is 5.32 Å². The maximum atomic E-state index is 13.8. The number of esters is 2. The molecular weight excluding hydrogens is 426 g/mol. The van der Waals surface area contributed by atoms with Crippen molar-refractivity contribution in [3.8, 4) is 11.5 Å². The maximum absolute atomic E-state index is 13.8. The molecule has 3 atom stereocenters. The van der Waals surface area contributed by atoms with Crippen molar-refractivity contribution in [3.05, 3.63) is 46.3 Å². The van der Waals surface area contributed by atoms with Gasteiger partial charge in [0.05, 0.1) is 39.4 Å². The first kappa shape index (κ1) is 24.4. The number of nitrogens with one attached hydrogen (secondary N) is 1. The molecule has 0 saturated heterocycles. The van der Waals surface area contributed by atoms with Gasteiger partial charge in [-0.3, -0.25) is 9.59 Å². The van der Waals surface area contributed by atoms with E-state index in [1.165, 1.54) is 21.3 Å². The zero-order valence-corrected chi connectivity index (χ0v) is 19.9. The Morgan fingerprint density at radius 2 is 1.88 bits per heavy atom. The number of ether oxygens (including phenoxy) is 4. The van der Waals surface area contributed by atoms with Crippen LogP contribution in [-0.4, -0.2) is 45.7 Å². The predicted molar refractivity (Wildman–Crippen MR) is 121 cm³/mol. The zero-order chi connectivity index (χ0) is 24.3. The lowest BCUT2D eigenvalue weighted by Gasteiger charge is -2.38. The van der Waals surface area contributed by atoms with Crippen LogP contribution in [-0.2, 0) is 23.9 Å². The molecule has 0 amide bonds. The van der Waals surface area contributed by atoms with Gasteiger partial charge >= 0.3 is 11.9 Å². The van der Waals surface area contributed by atoms with E-state index in [4.69, 9.17) is 18.9 Å². The van der Waals surface area contributed by atoms with Gasteiger partial charge in [0.25, 0.3) is 0 Å². The Hall–Kier alpha value is -3.29. The molecular formula is C25H31NO7. The van der Waals surface area contributed by atoms with Crippen molar-refractivity contribution in [1.29, 1.82) is 0 Å². The summed E-state index contributed by atoms with van der Waals surface area (Å²) < 4.78 is 21.5. The number of allylic oxidation sites excluding steroid dienone is 3. The van der Waals surface area contributed by atoms with Gasteiger partial charge in [-0.2, -0.15) is 0 Å². The molecule has 1 heterocycles. The minimum absolute atomic E-state index is 0.249. The van der Waals surface area contributed by atoms with Gasteiger partial charge in [-0.05, 0) is 31.7 Å². The molecule has 3 rings (SSSR count). The predicted octanol–water partition coefficient (Wildman–Crippen LogP) is 3.27. The van der Waals surface area contributed by atoms with Crippen LogP contribution >= 0.6 is 0 Å². The third kappa shape index (κ3) is 4.34. The maximum Gasteiger partial charge on any atom is 0.336 e. The first-order chi connectivity index (χ1) is 15.8. The van der Waals surface area contributed by atoms with Crippen molar-refractivity contribution in [2.45, 2.75) is 39.5 Å². The Balaban J connectivity index is 2.26. The van der Waals surface area contributed by atoms with Crippen LogP contribution in [0.1, 0.15) is 45.1 Å². The molecule has 1 aromatic carbocycles. The molecule has 33 heavy (non-hydrogen) atoms. The second kappa shape index (κ2) is 10.1. The van der Waals surface area contributed by atoms with Crippen LogP contribution in [0.4, 0.5) is 0 Å². The molecule has 1 aromatic rings. The van der Waals surface area contributed by atoms with Crippen LogP contribution in [0.2, 0.25) is 0 Å². The smallest absolute Gasteiger partial charge is 0.336 e. The number of dihydropyridines is 1. The van der Waals surface area contributed by atoms with Gasteiger partial charge < -0.3 is 24.3 Å². The first-order valence-corrected chi connectivity index (χ1v) is 11.0. The molecule has 1 aliphatic heterocycles. The summed E-state index contributed by atoms with van der Waals surface area (Å²) in [6.45, 7) is 5.78. The van der Waals surface area contributed by atoms with E-state index in [1.54, 1.807) is 25.1 Å². The Labute approximate surface area is 193 Å². The second-order valence-electron chi connectivity index (χ2n) is 8.25. The highest BCUT2D eigenvalue weighted by atomic mass is 16.5. The third-order valence-corrected chi connectivity index (χ3v) is 6.14. The topological polar surface area (TPSA) is 100 Å². The molecule has 0 fully saturated rings. The van der Waals surface area contributed by atoms with E-state index in [0.717, 1.165) is 0 Å². The summed E-state index contributed by atoms with van der Waals surface area (Å²) in [7, 11) is 4.30. The SMILES string of the molecule is CCCOC(=O)C1=C(C)NC2=C(C(=O)[C@@H](C(=O)OC)[C@@H](C)C2)[C@@H]1c1cccc(OC)c1OC. The van der Waals surface area contributed by atoms with Crippen LogP contribution in [0.25, 0.3) is 0 Å². The molecule has 178 valence electrons. The number of carbonyl (C=O) groups excluding carboxylic acids is 3. The largest absolute Gasteiger partial charge is 0.493 e. The van der Waals surface area contributed by atoms with Gasteiger partial charge in [-0.1, -0.05) is 26.0 Å². The Morgan fingerprint density at radius 1 is 1.15 bits per heavy atom. The summed E-state index contributed by atoms with van der Waals surface area (Å²) >= 11 is 0. The van der Waals surface area contributed by atoms with Crippen molar-refractivity contribution in [2.24, 2.45) is 11.8 Å². The summed E-state index contributed by atoms with van der Waals surface area (Å²) in [5.74, 6) is -2.61. The number of carbonyl (C=O) groups is 3. The summed E-state index contributed by atoms with van der Waals surface area (Å²) in [4.78, 5) is 39.5. The van der Waals surface area contributed by atoms with E-state index in [9.17, 15) is 14.4 Å². The molecule has 0 bridgehead atoms. The fourth-order valence-corrected chi connectivity index (χ4v) is 4.67. The summed E-state index contributed by atoms with van der Waals surface area (Å²) in [6, 6.07) is 5.31. The molecule has 0 spiro atoms. The Bertz CT molecular complexity index is 1020. The highest BCUT2D eigenvalue weighted by Gasteiger charge is 2.48. The molecule has 0 aromatic heterocycles. The van der Waals surface area contributed by atoms with Gasteiger partial charge in [-0.15, -0.1) is 0 Å². The number of para-hydroxylation sites is 1. The number of hydrogen-bond donors (Lipinski definition) is 1. The van der Waals surface area contributed by atoms with Crippen LogP contribution < -0.4 is 14.8 Å². The Morgan fingerprint density at radius 3 is 2.48 bits per heavy atom. The van der Waals surface area contributed by atoms with Crippen molar-refractivity contribution in [2.75, 3.05) is 27.9 Å². The fourth-order valence-electron chi connectivity index (χ4n) is 4.67. The van der Waals surface area contributed by atoms with Crippen LogP contribution in [0, 0.1) is 11.8 Å². The lowest BCUT2D eigenvalue weighted by molar-refractivity contribution is -0.151. The molecule has 1 aliphatic carbocycles. The minimum atomic E-state index is -0.957. The number of methoxy groups -OCH3 is 3. The molecule has 8 heteroatoms. The van der Waals surface area contributed by atoms with Crippen LogP contribution in [0.15, 0.2) is 40.7 Å². The Kier molecular flexibility index (Phi) is 7.46. The normalized spacial score (nSPS) is 22.4. The van der Waals surface area contributed by atoms with E-state index < -0.39 is 23.8 Å². The summed E-state index contributed by atoms with van der Waals surface area (Å²) in [6.07, 6.45) is 1.12. The molecule has 0 saturated carbocycles. The van der Waals surface area contributed by atoms with E-state index in [1.807, 2.05) is 13.8 Å². The molecule has 8 nitrogen and oxygen atoms in total. The fraction of sp³-hybridized carbons (Fsp3) is 0.480. The van der Waals surface area contributed by atoms with Crippen molar-refractivity contribution in [3.63, 3.8) is 0 Å². The highest BCUT2D eigenvalue weighted by molar-refractivity contribution is 6.12. The number of hydrogen-bond acceptors (Lipinski definition) is 8. The van der Waals surface area contributed by atoms with Crippen LogP contribution in [0.5, 0.6) is 11.5 Å². The molecule has 2 aliphatic rings. The second-order valence-corrected chi connectivity index (χ2v) is 8.25. The van der Waals surface area contributed by atoms with E-state index in [0.29, 0.717) is 52.4 Å². The zero-order valence-electron chi connectivity index (χ0n) is 19.9. The quantitative estimate of drug-likeness (QED) is 0.492. The lowest BCUT2D eigenvalue weighted by atomic mass is 9.69. The van der Waals surface area contributed by atoms with Crippen molar-refractivity contribution >= 4 is 17.7 Å². The number of Topliss-reactive ketones (excluding diaryl/α,β-unsaturated/α-hetero) is 1. The number of ketones is 1. The van der Waals surface area contributed by atoms with E-state index >= 15 is 0 Å². The van der Waals surface area contributed by atoms with Crippen molar-refractivity contribution in [1.82, 2.24) is 5.32 Å². The van der Waals surface area contributed by atoms with E-state index in [-0.39, 0.29) is 18.3 Å². The average Bonchev–Trinajstić information content (AvgIpc) is 2.80. The summed E-state index contributed by atoms with van der Waals surface area (Å²) in [5.41, 5.74) is 2.53. The molecule has 0 unspecified atom stereocenters. The third-order valence-electron chi connectivity index (χ3n) is 6.14. The van der Waals surface area contributed by atoms with Gasteiger partial charge in [0.1, 0.15) is 5.92 Å². The first-order valence-electron chi connectivity index (χ1n) is 11.0. The molecule has 0 radical (unpaired) electrons. The number of rotatable bonds is 7. The highest BCUT2D eigenvalue weighted by Crippen LogP contribution is 2.49. The van der Waals surface area contributed by atoms with Crippen molar-refractivity contribution < 1.29 is 33.3 Å². The lowest BCUT2D eigenvalue weighted by Crippen LogP contribution is -2.43. The summed E-state index contributed by atoms with van der Waals surface area (Å²) in [5, 5.41) is 3.24. The average molecular weight is 458 g/mol. The standard InChI is InChI=1S/C25H31NO7/c1-7-11-33-25(29)19-14(3)26-16-12-13(2)18(24(28)32-6)22(27)21(16)20(19)15-9-8-10-17(30-4)23(15)31-5/h8-10,13,18,20,26H,7,11-12H2,1-6H3/t13-,18-,20+/m0/s1.